The molecule has 2 aromatic rings. The quantitative estimate of drug-likeness (QED) is 0.234. The van der Waals surface area contributed by atoms with Gasteiger partial charge in [-0.3, -0.25) is 9.59 Å². The predicted octanol–water partition coefficient (Wildman–Crippen LogP) is 3.44. The van der Waals surface area contributed by atoms with Crippen molar-refractivity contribution in [2.24, 2.45) is 17.8 Å². The van der Waals surface area contributed by atoms with Crippen molar-refractivity contribution in [3.63, 3.8) is 0 Å². The van der Waals surface area contributed by atoms with Crippen LogP contribution >= 0.6 is 0 Å². The number of alkyl carbamates (subject to hydrolysis) is 1. The Kier molecular flexibility index (Phi) is 13.3. The van der Waals surface area contributed by atoms with Crippen molar-refractivity contribution in [1.82, 2.24) is 25.3 Å². The van der Waals surface area contributed by atoms with E-state index in [0.717, 1.165) is 6.92 Å². The van der Waals surface area contributed by atoms with E-state index in [1.54, 1.807) is 60.3 Å². The number of ether oxygens (including phenoxy) is 5. The number of carbonyl (C=O) groups excluding carboxylic acids is 4. The lowest BCUT2D eigenvalue weighted by Crippen LogP contribution is -2.61. The minimum Gasteiger partial charge on any atom is -0.455 e. The number of carbonyl (C=O) groups is 4. The van der Waals surface area contributed by atoms with Crippen molar-refractivity contribution < 1.29 is 56.9 Å². The van der Waals surface area contributed by atoms with Gasteiger partial charge in [-0.05, 0) is 67.0 Å². The number of Topliss-reactive ketones (excluding diaryl/α,β-unsaturated/α-hetero) is 2. The van der Waals surface area contributed by atoms with Crippen LogP contribution in [0.2, 0.25) is 0 Å². The number of likely N-dealkylation sites (N-methyl/N-ethyl adjacent to an activating group) is 1. The molecular formula is C40H54FN5O11. The fourth-order valence-electron chi connectivity index (χ4n) is 8.36. The van der Waals surface area contributed by atoms with Crippen LogP contribution in [0.4, 0.5) is 9.18 Å². The maximum absolute atomic E-state index is 16.8. The third-order valence-corrected chi connectivity index (χ3v) is 11.5. The monoisotopic (exact) mass is 799 g/mol. The number of cyclic esters (lactones) is 1. The molecule has 5 heterocycles. The number of hydrogen-bond donors (Lipinski definition) is 2. The van der Waals surface area contributed by atoms with Gasteiger partial charge in [0.1, 0.15) is 36.6 Å². The van der Waals surface area contributed by atoms with Gasteiger partial charge in [-0.25, -0.2) is 23.9 Å². The SMILES string of the molecule is CC[C@H]1OC(=O)[C@@](C)(F)C(=O)[C@H](C)[C@@H](O[C@@H]2O[C@H](C)C[C@H](N(C)C)[C@H]2O)[C@@](C)(OCC#Cc2cc(-c3cncnc3)no2)C[C@@H](C)C(=O)[C@H](C)[C@H]2NC(=O)O[C@@]21C. The van der Waals surface area contributed by atoms with Crippen LogP contribution in [0.5, 0.6) is 0 Å². The van der Waals surface area contributed by atoms with E-state index in [9.17, 15) is 24.3 Å². The molecule has 3 saturated heterocycles. The Bertz CT molecular complexity index is 1850. The van der Waals surface area contributed by atoms with E-state index in [4.69, 9.17) is 28.2 Å². The highest BCUT2D eigenvalue weighted by atomic mass is 19.1. The van der Waals surface area contributed by atoms with E-state index < -0.39 is 95.3 Å². The Morgan fingerprint density at radius 2 is 1.75 bits per heavy atom. The van der Waals surface area contributed by atoms with Gasteiger partial charge in [0.2, 0.25) is 5.76 Å². The number of nitrogens with zero attached hydrogens (tertiary/aromatic N) is 4. The molecule has 0 aromatic carbocycles. The van der Waals surface area contributed by atoms with E-state index in [-0.39, 0.29) is 31.0 Å². The summed E-state index contributed by atoms with van der Waals surface area (Å²) in [7, 11) is 3.60. The Morgan fingerprint density at radius 1 is 1.07 bits per heavy atom. The molecule has 5 rings (SSSR count). The van der Waals surface area contributed by atoms with Crippen molar-refractivity contribution in [3.8, 4) is 23.1 Å². The molecule has 1 amide bonds. The molecule has 0 spiro atoms. The number of aliphatic hydroxyl groups is 1. The Morgan fingerprint density at radius 3 is 2.40 bits per heavy atom. The van der Waals surface area contributed by atoms with Gasteiger partial charge < -0.3 is 43.5 Å². The number of nitrogens with one attached hydrogen (secondary N) is 1. The molecule has 57 heavy (non-hydrogen) atoms. The summed E-state index contributed by atoms with van der Waals surface area (Å²) in [5.74, 6) is -0.276. The molecule has 312 valence electrons. The predicted molar refractivity (Wildman–Crippen MR) is 200 cm³/mol. The van der Waals surface area contributed by atoms with Gasteiger partial charge >= 0.3 is 12.1 Å². The van der Waals surface area contributed by atoms with Crippen LogP contribution in [-0.2, 0) is 38.1 Å². The van der Waals surface area contributed by atoms with Gasteiger partial charge in [-0.15, -0.1) is 0 Å². The molecule has 17 heteroatoms. The summed E-state index contributed by atoms with van der Waals surface area (Å²) in [5.41, 5.74) is -5.39. The summed E-state index contributed by atoms with van der Waals surface area (Å²) in [6, 6.07) is 0.190. The molecule has 3 fully saturated rings. The smallest absolute Gasteiger partial charge is 0.408 e. The number of ketones is 2. The van der Waals surface area contributed by atoms with Crippen LogP contribution in [0.3, 0.4) is 0 Å². The Labute approximate surface area is 331 Å². The summed E-state index contributed by atoms with van der Waals surface area (Å²) in [5, 5.41) is 18.2. The molecule has 0 unspecified atom stereocenters. The van der Waals surface area contributed by atoms with Crippen molar-refractivity contribution in [2.75, 3.05) is 20.7 Å². The van der Waals surface area contributed by atoms with Crippen molar-refractivity contribution in [1.29, 1.82) is 0 Å². The summed E-state index contributed by atoms with van der Waals surface area (Å²) in [4.78, 5) is 65.0. The molecule has 0 saturated carbocycles. The fraction of sp³-hybridized carbons (Fsp3) is 0.675. The van der Waals surface area contributed by atoms with Gasteiger partial charge in [-0.1, -0.05) is 38.8 Å². The zero-order valence-corrected chi connectivity index (χ0v) is 34.1. The van der Waals surface area contributed by atoms with Crippen LogP contribution in [0, 0.1) is 29.6 Å². The van der Waals surface area contributed by atoms with E-state index >= 15 is 4.39 Å². The molecular weight excluding hydrogens is 745 g/mol. The maximum atomic E-state index is 16.8. The third kappa shape index (κ3) is 9.05. The third-order valence-electron chi connectivity index (χ3n) is 11.5. The summed E-state index contributed by atoms with van der Waals surface area (Å²) in [6.07, 6.45) is -1.50. The average Bonchev–Trinajstić information content (AvgIpc) is 3.77. The maximum Gasteiger partial charge on any atom is 0.408 e. The number of hydrogen-bond acceptors (Lipinski definition) is 15. The van der Waals surface area contributed by atoms with Crippen LogP contribution < -0.4 is 5.32 Å². The van der Waals surface area contributed by atoms with Gasteiger partial charge in [-0.2, -0.15) is 0 Å². The van der Waals surface area contributed by atoms with Gasteiger partial charge in [0.05, 0.1) is 23.9 Å². The molecule has 0 radical (unpaired) electrons. The first-order valence-corrected chi connectivity index (χ1v) is 19.2. The summed E-state index contributed by atoms with van der Waals surface area (Å²) < 4.78 is 52.7. The lowest BCUT2D eigenvalue weighted by Gasteiger charge is -2.47. The molecule has 0 aliphatic carbocycles. The number of aromatic nitrogens is 3. The zero-order chi connectivity index (χ0) is 42.0. The van der Waals surface area contributed by atoms with Crippen LogP contribution in [0.15, 0.2) is 29.3 Å². The number of rotatable bonds is 7. The highest BCUT2D eigenvalue weighted by molar-refractivity contribution is 6.08. The largest absolute Gasteiger partial charge is 0.455 e. The second kappa shape index (κ2) is 17.3. The minimum atomic E-state index is -3.23. The topological polar surface area (TPSA) is 202 Å². The molecule has 2 N–H and O–H groups in total. The number of amides is 1. The molecule has 13 atom stereocenters. The first kappa shape index (κ1) is 43.8. The fourth-order valence-corrected chi connectivity index (χ4v) is 8.36. The Balaban J connectivity index is 1.57. The van der Waals surface area contributed by atoms with Crippen LogP contribution in [0.1, 0.15) is 80.4 Å². The first-order valence-electron chi connectivity index (χ1n) is 19.2. The molecule has 16 nitrogen and oxygen atoms in total. The second-order valence-electron chi connectivity index (χ2n) is 16.2. The lowest BCUT2D eigenvalue weighted by atomic mass is 9.73. The molecule has 0 bridgehead atoms. The number of alkyl halides is 1. The highest BCUT2D eigenvalue weighted by Gasteiger charge is 2.59. The number of fused-ring (bicyclic) bond motifs is 1. The summed E-state index contributed by atoms with van der Waals surface area (Å²) >= 11 is 0. The van der Waals surface area contributed by atoms with E-state index in [1.165, 1.54) is 20.2 Å². The number of halogens is 1. The summed E-state index contributed by atoms with van der Waals surface area (Å²) in [6.45, 7) is 11.8. The van der Waals surface area contributed by atoms with Crippen molar-refractivity contribution in [3.05, 3.63) is 30.5 Å². The van der Waals surface area contributed by atoms with Gasteiger partial charge in [0, 0.05) is 47.8 Å². The molecule has 2 aromatic heterocycles. The first-order chi connectivity index (χ1) is 26.7. The standard InChI is InChI=1S/C40H54FN5O11/c1-11-29-40(8)32(44-37(51)56-40)23(4)30(47)21(2)17-38(6,52-14-12-13-26-16-27(45-57-26)25-18-42-20-43-19-25)34(24(5)33(49)39(7,41)36(50)54-29)55-35-31(48)28(46(9)10)15-22(3)53-35/h16,18-24,28-29,31-32,34-35,48H,11,14-15,17H2,1-10H3,(H,44,51)/t21-,22-,23+,24+,28+,29-,31-,32-,34-,35+,38+,39+,40-/m1/s1. The Hall–Kier alpha value is -4.34. The van der Waals surface area contributed by atoms with E-state index in [0.29, 0.717) is 17.7 Å². The van der Waals surface area contributed by atoms with E-state index in [2.05, 4.69) is 32.3 Å². The number of aliphatic hydroxyl groups excluding tert-OH is 1. The van der Waals surface area contributed by atoms with Crippen LogP contribution in [0.25, 0.3) is 11.3 Å². The molecule has 3 aliphatic rings. The second-order valence-corrected chi connectivity index (χ2v) is 16.2. The normalized spacial score (nSPS) is 38.0. The van der Waals surface area contributed by atoms with Crippen molar-refractivity contribution in [2.45, 2.75) is 134 Å². The lowest BCUT2D eigenvalue weighted by molar-refractivity contribution is -0.296. The van der Waals surface area contributed by atoms with E-state index in [1.807, 2.05) is 11.8 Å². The minimum absolute atomic E-state index is 0.0703. The number of esters is 1. The van der Waals surface area contributed by atoms with Crippen LogP contribution in [-0.4, -0.2) is 129 Å². The van der Waals surface area contributed by atoms with Crippen molar-refractivity contribution >= 4 is 23.6 Å². The highest BCUT2D eigenvalue weighted by Crippen LogP contribution is 2.41. The average molecular weight is 800 g/mol. The van der Waals surface area contributed by atoms with Gasteiger partial charge in [0.25, 0.3) is 5.67 Å². The van der Waals surface area contributed by atoms with Gasteiger partial charge in [0.15, 0.2) is 17.7 Å². The molecule has 3 aliphatic heterocycles. The zero-order valence-electron chi connectivity index (χ0n) is 34.1.